The first-order chi connectivity index (χ1) is 18.5. The maximum atomic E-state index is 12.5. The molecule has 0 bridgehead atoms. The van der Waals surface area contributed by atoms with Crippen molar-refractivity contribution in [3.05, 3.63) is 90.5 Å². The van der Waals surface area contributed by atoms with Gasteiger partial charge in [0.15, 0.2) is 0 Å². The van der Waals surface area contributed by atoms with Crippen LogP contribution in [-0.4, -0.2) is 38.5 Å². The van der Waals surface area contributed by atoms with Crippen LogP contribution in [0.4, 0.5) is 11.8 Å². The van der Waals surface area contributed by atoms with Crippen LogP contribution in [0.3, 0.4) is 0 Å². The summed E-state index contributed by atoms with van der Waals surface area (Å²) in [5.74, 6) is 2.44. The van der Waals surface area contributed by atoms with Gasteiger partial charge in [0.1, 0.15) is 5.82 Å². The van der Waals surface area contributed by atoms with Crippen LogP contribution in [0.25, 0.3) is 10.9 Å². The molecule has 4 aromatic rings. The number of aromatic nitrogens is 2. The highest BCUT2D eigenvalue weighted by Gasteiger charge is 2.23. The van der Waals surface area contributed by atoms with Crippen molar-refractivity contribution in [3.63, 3.8) is 0 Å². The van der Waals surface area contributed by atoms with Gasteiger partial charge < -0.3 is 10.2 Å². The first kappa shape index (κ1) is 26.1. The molecule has 0 unspecified atom stereocenters. The monoisotopic (exact) mass is 529 g/mol. The lowest BCUT2D eigenvalue weighted by Gasteiger charge is -2.29. The van der Waals surface area contributed by atoms with Crippen molar-refractivity contribution in [2.45, 2.75) is 37.1 Å². The van der Waals surface area contributed by atoms with Gasteiger partial charge in [-0.2, -0.15) is 4.98 Å². The van der Waals surface area contributed by atoms with Crippen molar-refractivity contribution >= 4 is 32.7 Å². The van der Waals surface area contributed by atoms with Gasteiger partial charge in [0, 0.05) is 32.1 Å². The standard InChI is InChI=1S/C30H35N5O2S/c1-35(22-25-10-4-2-5-11-25)29-27-14-8-9-15-28(27)33-30(34-29)31-20-23-16-18-24(19-17-23)21-32-38(36,37)26-12-6-3-7-13-26/h2-15,23-24,32H,16-22H2,1H3,(H,31,33,34)/t23-,24-. The highest BCUT2D eigenvalue weighted by Crippen LogP contribution is 2.30. The molecule has 0 radical (unpaired) electrons. The van der Waals surface area contributed by atoms with E-state index in [0.29, 0.717) is 29.2 Å². The largest absolute Gasteiger partial charge is 0.355 e. The van der Waals surface area contributed by atoms with Crippen molar-refractivity contribution in [1.82, 2.24) is 14.7 Å². The van der Waals surface area contributed by atoms with Crippen LogP contribution in [0.1, 0.15) is 31.2 Å². The Labute approximate surface area is 225 Å². The predicted molar refractivity (Wildman–Crippen MR) is 154 cm³/mol. The molecule has 1 aliphatic carbocycles. The molecular formula is C30H35N5O2S. The van der Waals surface area contributed by atoms with Gasteiger partial charge in [0.25, 0.3) is 0 Å². The number of hydrogen-bond acceptors (Lipinski definition) is 6. The summed E-state index contributed by atoms with van der Waals surface area (Å²) in [6, 6.07) is 27.1. The van der Waals surface area contributed by atoms with Crippen molar-refractivity contribution in [2.24, 2.45) is 11.8 Å². The third kappa shape index (κ3) is 6.49. The number of hydrogen-bond donors (Lipinski definition) is 2. The second-order valence-electron chi connectivity index (χ2n) is 10.2. The first-order valence-electron chi connectivity index (χ1n) is 13.3. The molecule has 1 heterocycles. The number of para-hydroxylation sites is 1. The van der Waals surface area contributed by atoms with E-state index in [1.807, 2.05) is 30.3 Å². The topological polar surface area (TPSA) is 87.2 Å². The summed E-state index contributed by atoms with van der Waals surface area (Å²) in [4.78, 5) is 12.2. The number of nitrogens with one attached hydrogen (secondary N) is 2. The average Bonchev–Trinajstić information content (AvgIpc) is 2.96. The molecule has 1 saturated carbocycles. The maximum absolute atomic E-state index is 12.5. The fourth-order valence-electron chi connectivity index (χ4n) is 5.15. The Kier molecular flexibility index (Phi) is 8.20. The molecule has 8 heteroatoms. The lowest BCUT2D eigenvalue weighted by Crippen LogP contribution is -2.32. The molecule has 0 saturated heterocycles. The second-order valence-corrected chi connectivity index (χ2v) is 11.9. The van der Waals surface area contributed by atoms with Crippen LogP contribution >= 0.6 is 0 Å². The summed E-state index contributed by atoms with van der Waals surface area (Å²) in [5, 5.41) is 4.53. The normalized spacial score (nSPS) is 17.8. The minimum atomic E-state index is -3.45. The summed E-state index contributed by atoms with van der Waals surface area (Å²) < 4.78 is 27.9. The highest BCUT2D eigenvalue weighted by atomic mass is 32.2. The van der Waals surface area contributed by atoms with Gasteiger partial charge in [-0.15, -0.1) is 0 Å². The van der Waals surface area contributed by atoms with Crippen molar-refractivity contribution in [2.75, 3.05) is 30.4 Å². The molecule has 7 nitrogen and oxygen atoms in total. The zero-order valence-electron chi connectivity index (χ0n) is 21.8. The number of benzene rings is 3. The van der Waals surface area contributed by atoms with Crippen molar-refractivity contribution in [3.8, 4) is 0 Å². The maximum Gasteiger partial charge on any atom is 0.240 e. The fourth-order valence-corrected chi connectivity index (χ4v) is 6.29. The molecule has 1 aromatic heterocycles. The average molecular weight is 530 g/mol. The molecule has 3 aromatic carbocycles. The van der Waals surface area contributed by atoms with Crippen LogP contribution in [0.15, 0.2) is 89.8 Å². The summed E-state index contributed by atoms with van der Waals surface area (Å²) in [6.07, 6.45) is 4.12. The van der Waals surface area contributed by atoms with Crippen LogP contribution in [0, 0.1) is 11.8 Å². The predicted octanol–water partition coefficient (Wildman–Crippen LogP) is 5.46. The summed E-state index contributed by atoms with van der Waals surface area (Å²) >= 11 is 0. The Bertz CT molecular complexity index is 1440. The minimum absolute atomic E-state index is 0.321. The van der Waals surface area contributed by atoms with Gasteiger partial charge in [0.2, 0.25) is 16.0 Å². The quantitative estimate of drug-likeness (QED) is 0.284. The molecule has 0 amide bonds. The Morgan fingerprint density at radius 3 is 2.11 bits per heavy atom. The van der Waals surface area contributed by atoms with Crippen LogP contribution in [-0.2, 0) is 16.6 Å². The van der Waals surface area contributed by atoms with Crippen LogP contribution < -0.4 is 14.9 Å². The summed E-state index contributed by atoms with van der Waals surface area (Å²) in [6.45, 7) is 2.06. The minimum Gasteiger partial charge on any atom is -0.355 e. The Balaban J connectivity index is 1.17. The number of sulfonamides is 1. The molecule has 38 heavy (non-hydrogen) atoms. The van der Waals surface area contributed by atoms with E-state index in [9.17, 15) is 8.42 Å². The number of rotatable bonds is 10. The first-order valence-corrected chi connectivity index (χ1v) is 14.8. The smallest absolute Gasteiger partial charge is 0.240 e. The van der Waals surface area contributed by atoms with Gasteiger partial charge in [0.05, 0.1) is 10.4 Å². The molecule has 0 spiro atoms. The molecular weight excluding hydrogens is 494 g/mol. The zero-order chi connectivity index (χ0) is 26.4. The van der Waals surface area contributed by atoms with Gasteiger partial charge >= 0.3 is 0 Å². The lowest BCUT2D eigenvalue weighted by molar-refractivity contribution is 0.284. The third-order valence-electron chi connectivity index (χ3n) is 7.34. The van der Waals surface area contributed by atoms with E-state index >= 15 is 0 Å². The van der Waals surface area contributed by atoms with Crippen LogP contribution in [0.5, 0.6) is 0 Å². The number of fused-ring (bicyclic) bond motifs is 1. The molecule has 0 atom stereocenters. The van der Waals surface area contributed by atoms with E-state index in [0.717, 1.165) is 55.5 Å². The number of nitrogens with zero attached hydrogens (tertiary/aromatic N) is 3. The molecule has 0 aliphatic heterocycles. The Morgan fingerprint density at radius 1 is 0.789 bits per heavy atom. The molecule has 1 aliphatic rings. The Morgan fingerprint density at radius 2 is 1.39 bits per heavy atom. The van der Waals surface area contributed by atoms with Gasteiger partial charge in [-0.25, -0.2) is 18.1 Å². The lowest BCUT2D eigenvalue weighted by atomic mass is 9.82. The van der Waals surface area contributed by atoms with Crippen molar-refractivity contribution < 1.29 is 8.42 Å². The highest BCUT2D eigenvalue weighted by molar-refractivity contribution is 7.89. The molecule has 5 rings (SSSR count). The SMILES string of the molecule is CN(Cc1ccccc1)c1nc(NC[C@H]2CC[C@H](CNS(=O)(=O)c3ccccc3)CC2)nc2ccccc12. The van der Waals surface area contributed by atoms with E-state index < -0.39 is 10.0 Å². The third-order valence-corrected chi connectivity index (χ3v) is 8.78. The molecule has 198 valence electrons. The van der Waals surface area contributed by atoms with Gasteiger partial charge in [-0.3, -0.25) is 0 Å². The van der Waals surface area contributed by atoms with Gasteiger partial charge in [-0.1, -0.05) is 60.7 Å². The fraction of sp³-hybridized carbons (Fsp3) is 0.333. The van der Waals surface area contributed by atoms with Gasteiger partial charge in [-0.05, 0) is 67.3 Å². The van der Waals surface area contributed by atoms with Crippen LogP contribution in [0.2, 0.25) is 0 Å². The van der Waals surface area contributed by atoms with E-state index in [2.05, 4.69) is 52.3 Å². The van der Waals surface area contributed by atoms with E-state index in [4.69, 9.17) is 9.97 Å². The summed E-state index contributed by atoms with van der Waals surface area (Å²) in [5.41, 5.74) is 2.16. The summed E-state index contributed by atoms with van der Waals surface area (Å²) in [7, 11) is -1.38. The van der Waals surface area contributed by atoms with E-state index in [1.165, 1.54) is 5.56 Å². The zero-order valence-corrected chi connectivity index (χ0v) is 22.6. The second kappa shape index (κ2) is 11.9. The van der Waals surface area contributed by atoms with E-state index in [-0.39, 0.29) is 0 Å². The van der Waals surface area contributed by atoms with E-state index in [1.54, 1.807) is 24.3 Å². The van der Waals surface area contributed by atoms with Crippen molar-refractivity contribution in [1.29, 1.82) is 0 Å². The molecule has 2 N–H and O–H groups in total. The Hall–Kier alpha value is -3.49. The molecule has 1 fully saturated rings. The number of anilines is 2.